The normalized spacial score (nSPS) is 13.2. The van der Waals surface area contributed by atoms with Gasteiger partial charge in [0.1, 0.15) is 11.9 Å². The second kappa shape index (κ2) is 14.7. The average Bonchev–Trinajstić information content (AvgIpc) is 2.97. The molecule has 0 saturated heterocycles. The first-order valence-corrected chi connectivity index (χ1v) is 15.7. The Hall–Kier alpha value is -4.51. The summed E-state index contributed by atoms with van der Waals surface area (Å²) >= 11 is 0. The molecule has 1 heterocycles. The minimum atomic E-state index is -4.77. The molecule has 7 nitrogen and oxygen atoms in total. The van der Waals surface area contributed by atoms with Crippen LogP contribution >= 0.6 is 0 Å². The minimum Gasteiger partial charge on any atom is -0.481 e. The maximum Gasteiger partial charge on any atom is 0.416 e. The summed E-state index contributed by atoms with van der Waals surface area (Å²) < 4.78 is 57.1. The number of alkyl halides is 3. The van der Waals surface area contributed by atoms with E-state index in [1.54, 1.807) is 45.0 Å². The average molecular weight is 668 g/mol. The van der Waals surface area contributed by atoms with Crippen LogP contribution in [-0.4, -0.2) is 47.1 Å². The van der Waals surface area contributed by atoms with Gasteiger partial charge in [0, 0.05) is 18.8 Å². The number of carbonyl (C=O) groups is 2. The van der Waals surface area contributed by atoms with Gasteiger partial charge in [0.25, 0.3) is 5.56 Å². The number of benzene rings is 3. The van der Waals surface area contributed by atoms with Gasteiger partial charge in [-0.1, -0.05) is 38.1 Å². The molecule has 0 fully saturated rings. The molecule has 4 aromatic rings. The van der Waals surface area contributed by atoms with E-state index in [1.165, 1.54) is 12.1 Å². The number of aliphatic carboxylic acids is 1. The van der Waals surface area contributed by atoms with Crippen molar-refractivity contribution in [3.63, 3.8) is 0 Å². The van der Waals surface area contributed by atoms with E-state index in [-0.39, 0.29) is 36.7 Å². The number of hydrogen-bond acceptors (Lipinski definition) is 4. The number of carboxylic acid groups (broad SMARTS) is 1. The van der Waals surface area contributed by atoms with E-state index >= 15 is 0 Å². The number of carbonyl (C=O) groups excluding carboxylic acids is 1. The Balaban J connectivity index is 1.86. The number of rotatable bonds is 12. The third kappa shape index (κ3) is 8.49. The fraction of sp³-hybridized carbons (Fsp3) is 0.378. The highest BCUT2D eigenvalue weighted by Crippen LogP contribution is 2.36. The summed E-state index contributed by atoms with van der Waals surface area (Å²) in [6.45, 7) is 7.48. The van der Waals surface area contributed by atoms with Crippen LogP contribution in [0, 0.1) is 25.6 Å². The summed E-state index contributed by atoms with van der Waals surface area (Å²) in [7, 11) is 3.44. The number of nitrogens with one attached hydrogen (secondary N) is 1. The van der Waals surface area contributed by atoms with Crippen LogP contribution in [-0.2, 0) is 22.2 Å². The van der Waals surface area contributed by atoms with Gasteiger partial charge < -0.3 is 19.9 Å². The molecular formula is C37H41F4N3O4. The van der Waals surface area contributed by atoms with Crippen molar-refractivity contribution in [2.45, 2.75) is 65.2 Å². The molecule has 0 saturated carbocycles. The standard InChI is InChI=1S/C37H41F4N3O4/c1-21(2)13-32(44-20-25(11-12-43(5)6)30(18-33(44)45)37(39,40)41)36(48)42-31(19-34(46)47)29-17-26(16-24-9-7-8-10-28(24)29)35-22(3)14-27(38)15-23(35)4/h7-10,14-18,20-21,31-32H,11-13,19H2,1-6H3,(H,42,48)(H,46,47)/t31-,32+/m1/s1. The van der Waals surface area contributed by atoms with Gasteiger partial charge in [-0.2, -0.15) is 13.2 Å². The quantitative estimate of drug-likeness (QED) is 0.153. The lowest BCUT2D eigenvalue weighted by atomic mass is 9.88. The second-order valence-electron chi connectivity index (χ2n) is 13.0. The van der Waals surface area contributed by atoms with Crippen molar-refractivity contribution in [3.05, 3.63) is 105 Å². The van der Waals surface area contributed by atoms with Gasteiger partial charge >= 0.3 is 12.1 Å². The molecule has 0 bridgehead atoms. The fourth-order valence-corrected chi connectivity index (χ4v) is 6.26. The molecule has 2 atom stereocenters. The van der Waals surface area contributed by atoms with Gasteiger partial charge in [-0.15, -0.1) is 0 Å². The summed E-state index contributed by atoms with van der Waals surface area (Å²) in [5, 5.41) is 14.3. The third-order valence-electron chi connectivity index (χ3n) is 8.38. The predicted molar refractivity (Wildman–Crippen MR) is 178 cm³/mol. The second-order valence-corrected chi connectivity index (χ2v) is 13.0. The van der Waals surface area contributed by atoms with Crippen molar-refractivity contribution >= 4 is 22.6 Å². The van der Waals surface area contributed by atoms with E-state index in [0.29, 0.717) is 33.7 Å². The lowest BCUT2D eigenvalue weighted by Gasteiger charge is -2.27. The largest absolute Gasteiger partial charge is 0.481 e. The number of halogens is 4. The molecule has 11 heteroatoms. The maximum absolute atomic E-state index is 14.2. The first-order chi connectivity index (χ1) is 22.5. The molecule has 0 unspecified atom stereocenters. The maximum atomic E-state index is 14.2. The van der Waals surface area contributed by atoms with Crippen LogP contribution in [0.25, 0.3) is 21.9 Å². The van der Waals surface area contributed by atoms with Gasteiger partial charge in [0.2, 0.25) is 5.91 Å². The zero-order valence-electron chi connectivity index (χ0n) is 27.9. The highest BCUT2D eigenvalue weighted by molar-refractivity contribution is 5.93. The van der Waals surface area contributed by atoms with Gasteiger partial charge in [-0.3, -0.25) is 14.4 Å². The van der Waals surface area contributed by atoms with Gasteiger partial charge in [0.15, 0.2) is 0 Å². The highest BCUT2D eigenvalue weighted by atomic mass is 19.4. The third-order valence-corrected chi connectivity index (χ3v) is 8.38. The van der Waals surface area contributed by atoms with Crippen LogP contribution in [0.3, 0.4) is 0 Å². The number of aryl methyl sites for hydroxylation is 2. The van der Waals surface area contributed by atoms with E-state index in [1.807, 2.05) is 38.1 Å². The molecule has 48 heavy (non-hydrogen) atoms. The molecule has 0 aliphatic carbocycles. The Bertz CT molecular complexity index is 1860. The Morgan fingerprint density at radius 3 is 2.23 bits per heavy atom. The van der Waals surface area contributed by atoms with E-state index in [0.717, 1.165) is 21.7 Å². The molecular weight excluding hydrogens is 626 g/mol. The zero-order valence-corrected chi connectivity index (χ0v) is 27.9. The number of aromatic nitrogens is 1. The van der Waals surface area contributed by atoms with Crippen LogP contribution in [0.4, 0.5) is 17.6 Å². The first-order valence-electron chi connectivity index (χ1n) is 15.7. The fourth-order valence-electron chi connectivity index (χ4n) is 6.26. The summed E-state index contributed by atoms with van der Waals surface area (Å²) in [5.74, 6) is -2.42. The Kier molecular flexibility index (Phi) is 11.1. The monoisotopic (exact) mass is 667 g/mol. The number of likely N-dealkylation sites (N-methyl/N-ethyl adjacent to an activating group) is 1. The molecule has 4 rings (SSSR count). The summed E-state index contributed by atoms with van der Waals surface area (Å²) in [6.07, 6.45) is -4.07. The molecule has 0 aliphatic heterocycles. The van der Waals surface area contributed by atoms with E-state index in [4.69, 9.17) is 0 Å². The van der Waals surface area contributed by atoms with Crippen LogP contribution in [0.1, 0.15) is 66.6 Å². The Morgan fingerprint density at radius 1 is 1.00 bits per heavy atom. The molecule has 1 amide bonds. The topological polar surface area (TPSA) is 91.6 Å². The number of nitrogens with zero attached hydrogens (tertiary/aromatic N) is 2. The van der Waals surface area contributed by atoms with Crippen molar-refractivity contribution in [1.29, 1.82) is 0 Å². The van der Waals surface area contributed by atoms with Gasteiger partial charge in [-0.05, 0) is 115 Å². The Morgan fingerprint density at radius 2 is 1.65 bits per heavy atom. The van der Waals surface area contributed by atoms with Gasteiger partial charge in [-0.25, -0.2) is 4.39 Å². The van der Waals surface area contributed by atoms with Crippen LogP contribution in [0.5, 0.6) is 0 Å². The lowest BCUT2D eigenvalue weighted by Crippen LogP contribution is -2.40. The van der Waals surface area contributed by atoms with Crippen molar-refractivity contribution < 1.29 is 32.3 Å². The van der Waals surface area contributed by atoms with Crippen molar-refractivity contribution in [3.8, 4) is 11.1 Å². The van der Waals surface area contributed by atoms with Crippen molar-refractivity contribution in [2.24, 2.45) is 5.92 Å². The van der Waals surface area contributed by atoms with E-state index in [2.05, 4.69) is 5.32 Å². The molecule has 0 spiro atoms. The number of pyridine rings is 1. The summed E-state index contributed by atoms with van der Waals surface area (Å²) in [6, 6.07) is 12.1. The molecule has 2 N–H and O–H groups in total. The number of amides is 1. The van der Waals surface area contributed by atoms with Crippen LogP contribution in [0.2, 0.25) is 0 Å². The van der Waals surface area contributed by atoms with Crippen LogP contribution < -0.4 is 10.9 Å². The zero-order chi connectivity index (χ0) is 35.5. The summed E-state index contributed by atoms with van der Waals surface area (Å²) in [4.78, 5) is 41.3. The number of hydrogen-bond donors (Lipinski definition) is 2. The predicted octanol–water partition coefficient (Wildman–Crippen LogP) is 7.47. The molecule has 0 radical (unpaired) electrons. The number of fused-ring (bicyclic) bond motifs is 1. The first kappa shape index (κ1) is 36.3. The lowest BCUT2D eigenvalue weighted by molar-refractivity contribution is -0.139. The van der Waals surface area contributed by atoms with Crippen LogP contribution in [0.15, 0.2) is 65.6 Å². The molecule has 1 aromatic heterocycles. The molecule has 3 aromatic carbocycles. The molecule has 256 valence electrons. The summed E-state index contributed by atoms with van der Waals surface area (Å²) in [5.41, 5.74) is 1.16. The molecule has 0 aliphatic rings. The van der Waals surface area contributed by atoms with E-state index < -0.39 is 47.7 Å². The van der Waals surface area contributed by atoms with Gasteiger partial charge in [0.05, 0.1) is 18.0 Å². The number of carboxylic acids is 1. The Labute approximate surface area is 277 Å². The highest BCUT2D eigenvalue weighted by Gasteiger charge is 2.36. The smallest absolute Gasteiger partial charge is 0.416 e. The van der Waals surface area contributed by atoms with Crippen molar-refractivity contribution in [2.75, 3.05) is 20.6 Å². The minimum absolute atomic E-state index is 0.0131. The SMILES string of the molecule is Cc1cc(F)cc(C)c1-c1cc([C@@H](CC(=O)O)NC(=O)[C@H](CC(C)C)n2cc(CCN(C)C)c(C(F)(F)F)cc2=O)c2ccccc2c1. The van der Waals surface area contributed by atoms with E-state index in [9.17, 15) is 37.1 Å². The van der Waals surface area contributed by atoms with Crippen molar-refractivity contribution in [1.82, 2.24) is 14.8 Å².